The van der Waals surface area contributed by atoms with Gasteiger partial charge >= 0.3 is 0 Å². The second-order valence-electron chi connectivity index (χ2n) is 11.7. The van der Waals surface area contributed by atoms with Gasteiger partial charge in [-0.3, -0.25) is 9.52 Å². The maximum atomic E-state index is 13.6. The number of hydrogen-bond donors (Lipinski definition) is 3. The van der Waals surface area contributed by atoms with E-state index in [4.69, 9.17) is 14.5 Å². The number of rotatable bonds is 8. The first kappa shape index (κ1) is 31.0. The first-order valence-electron chi connectivity index (χ1n) is 14.2. The minimum atomic E-state index is -3.61. The van der Waals surface area contributed by atoms with Crippen molar-refractivity contribution in [2.45, 2.75) is 33.1 Å². The Labute approximate surface area is 257 Å². The second kappa shape index (κ2) is 12.2. The van der Waals surface area contributed by atoms with Gasteiger partial charge in [-0.1, -0.05) is 26.8 Å². The summed E-state index contributed by atoms with van der Waals surface area (Å²) in [5.74, 6) is 1.14. The standard InChI is InChI=1S/C31H37N7O5S/c1-19-7-8-20(30(39)35-24-16-21(31(2,3)4)17-25(28(24)42-5)37-44(6,40)41)15-23(19)34-29-27-22(32-18-33-29)9-10-26(36-27)38-11-13-43-14-12-38/h7-10,15-18,37H,11-14H2,1-6H3,(H,35,39)(H,32,33,34). The van der Waals surface area contributed by atoms with Crippen molar-refractivity contribution in [1.82, 2.24) is 15.0 Å². The van der Waals surface area contributed by atoms with Crippen molar-refractivity contribution in [2.75, 3.05) is 59.9 Å². The molecule has 2 aromatic carbocycles. The highest BCUT2D eigenvalue weighted by Crippen LogP contribution is 2.39. The maximum Gasteiger partial charge on any atom is 0.255 e. The molecule has 1 amide bonds. The molecular weight excluding hydrogens is 582 g/mol. The Morgan fingerprint density at radius 2 is 1.73 bits per heavy atom. The predicted molar refractivity (Wildman–Crippen MR) is 173 cm³/mol. The first-order valence-corrected chi connectivity index (χ1v) is 16.1. The fourth-order valence-corrected chi connectivity index (χ4v) is 5.41. The summed E-state index contributed by atoms with van der Waals surface area (Å²) < 4.78 is 37.8. The van der Waals surface area contributed by atoms with Gasteiger partial charge in [0.1, 0.15) is 17.7 Å². The van der Waals surface area contributed by atoms with Gasteiger partial charge in [-0.15, -0.1) is 0 Å². The zero-order chi connectivity index (χ0) is 31.6. The Bertz CT molecular complexity index is 1820. The molecule has 5 rings (SSSR count). The number of aromatic nitrogens is 3. The molecule has 1 aliphatic rings. The molecule has 0 aliphatic carbocycles. The number of anilines is 5. The van der Waals surface area contributed by atoms with E-state index in [1.54, 1.807) is 24.3 Å². The molecule has 0 saturated carbocycles. The normalized spacial score (nSPS) is 13.9. The Hall–Kier alpha value is -4.49. The van der Waals surface area contributed by atoms with Crippen molar-refractivity contribution >= 4 is 55.7 Å². The number of nitrogens with zero attached hydrogens (tertiary/aromatic N) is 4. The summed E-state index contributed by atoms with van der Waals surface area (Å²) in [5, 5.41) is 6.27. The lowest BCUT2D eigenvalue weighted by molar-refractivity contribution is 0.102. The minimum Gasteiger partial charge on any atom is -0.492 e. The highest BCUT2D eigenvalue weighted by molar-refractivity contribution is 7.92. The van der Waals surface area contributed by atoms with Gasteiger partial charge in [-0.2, -0.15) is 0 Å². The summed E-state index contributed by atoms with van der Waals surface area (Å²) in [6, 6.07) is 12.7. The average Bonchev–Trinajstić information content (AvgIpc) is 2.97. The second-order valence-corrected chi connectivity index (χ2v) is 13.4. The molecule has 3 N–H and O–H groups in total. The monoisotopic (exact) mass is 619 g/mol. The molecule has 13 heteroatoms. The van der Waals surface area contributed by atoms with E-state index in [0.29, 0.717) is 47.0 Å². The third kappa shape index (κ3) is 7.00. The fourth-order valence-electron chi connectivity index (χ4n) is 4.86. The van der Waals surface area contributed by atoms with Crippen LogP contribution in [0.25, 0.3) is 11.0 Å². The van der Waals surface area contributed by atoms with E-state index >= 15 is 0 Å². The third-order valence-electron chi connectivity index (χ3n) is 7.26. The number of morpholine rings is 1. The zero-order valence-corrected chi connectivity index (χ0v) is 26.5. The van der Waals surface area contributed by atoms with E-state index in [2.05, 4.69) is 30.2 Å². The average molecular weight is 620 g/mol. The van der Waals surface area contributed by atoms with E-state index in [9.17, 15) is 13.2 Å². The molecule has 0 bridgehead atoms. The molecule has 4 aromatic rings. The van der Waals surface area contributed by atoms with Crippen molar-refractivity contribution < 1.29 is 22.7 Å². The Kier molecular flexibility index (Phi) is 8.62. The van der Waals surface area contributed by atoms with E-state index in [0.717, 1.165) is 36.3 Å². The van der Waals surface area contributed by atoms with Crippen LogP contribution in [0, 0.1) is 6.92 Å². The first-order chi connectivity index (χ1) is 20.8. The quantitative estimate of drug-likeness (QED) is 0.250. The number of methoxy groups -OCH3 is 1. The molecular formula is C31H37N7O5S. The number of ether oxygens (including phenoxy) is 2. The SMILES string of the molecule is COc1c(NC(=O)c2ccc(C)c(Nc3ncnc4ccc(N5CCOCC5)nc34)c2)cc(C(C)(C)C)cc1NS(C)(=O)=O. The topological polar surface area (TPSA) is 148 Å². The van der Waals surface area contributed by atoms with Crippen molar-refractivity contribution in [3.05, 3.63) is 65.5 Å². The Morgan fingerprint density at radius 3 is 2.41 bits per heavy atom. The van der Waals surface area contributed by atoms with E-state index in [1.807, 2.05) is 45.9 Å². The highest BCUT2D eigenvalue weighted by Gasteiger charge is 2.23. The molecule has 3 heterocycles. The maximum absolute atomic E-state index is 13.6. The molecule has 1 fully saturated rings. The molecule has 0 spiro atoms. The Balaban J connectivity index is 1.47. The number of hydrogen-bond acceptors (Lipinski definition) is 10. The van der Waals surface area contributed by atoms with Gasteiger partial charge in [0.05, 0.1) is 43.5 Å². The van der Waals surface area contributed by atoms with Crippen LogP contribution >= 0.6 is 0 Å². The van der Waals surface area contributed by atoms with Gasteiger partial charge in [0.25, 0.3) is 5.91 Å². The van der Waals surface area contributed by atoms with Gasteiger partial charge in [0.15, 0.2) is 11.6 Å². The third-order valence-corrected chi connectivity index (χ3v) is 7.85. The number of amides is 1. The summed E-state index contributed by atoms with van der Waals surface area (Å²) in [5.41, 5.74) is 4.30. The van der Waals surface area contributed by atoms with Crippen molar-refractivity contribution in [3.8, 4) is 5.75 Å². The summed E-state index contributed by atoms with van der Waals surface area (Å²) in [7, 11) is -2.18. The highest BCUT2D eigenvalue weighted by atomic mass is 32.2. The summed E-state index contributed by atoms with van der Waals surface area (Å²) in [6.45, 7) is 10.7. The van der Waals surface area contributed by atoms with Crippen LogP contribution in [0.2, 0.25) is 0 Å². The summed E-state index contributed by atoms with van der Waals surface area (Å²) >= 11 is 0. The van der Waals surface area contributed by atoms with Crippen LogP contribution in [0.15, 0.2) is 48.8 Å². The lowest BCUT2D eigenvalue weighted by atomic mass is 9.86. The van der Waals surface area contributed by atoms with E-state index in [-0.39, 0.29) is 16.9 Å². The lowest BCUT2D eigenvalue weighted by Gasteiger charge is -2.28. The number of fused-ring (bicyclic) bond motifs is 1. The number of carbonyl (C=O) groups excluding carboxylic acids is 1. The van der Waals surface area contributed by atoms with Gasteiger partial charge in [-0.05, 0) is 59.9 Å². The van der Waals surface area contributed by atoms with Crippen molar-refractivity contribution in [2.24, 2.45) is 0 Å². The molecule has 1 aliphatic heterocycles. The zero-order valence-electron chi connectivity index (χ0n) is 25.7. The van der Waals surface area contributed by atoms with E-state index in [1.165, 1.54) is 13.4 Å². The van der Waals surface area contributed by atoms with Gasteiger partial charge in [0.2, 0.25) is 10.0 Å². The van der Waals surface area contributed by atoms with Crippen molar-refractivity contribution in [1.29, 1.82) is 0 Å². The van der Waals surface area contributed by atoms with E-state index < -0.39 is 15.9 Å². The van der Waals surface area contributed by atoms with Crippen LogP contribution in [0.1, 0.15) is 42.3 Å². The number of carbonyl (C=O) groups is 1. The number of nitrogens with one attached hydrogen (secondary N) is 3. The molecule has 0 radical (unpaired) electrons. The molecule has 1 saturated heterocycles. The summed E-state index contributed by atoms with van der Waals surface area (Å²) in [6.07, 6.45) is 2.54. The van der Waals surface area contributed by atoms with Crippen LogP contribution in [0.4, 0.5) is 28.7 Å². The number of benzene rings is 2. The van der Waals surface area contributed by atoms with Gasteiger partial charge in [0, 0.05) is 24.3 Å². The number of pyridine rings is 1. The molecule has 0 unspecified atom stereocenters. The smallest absolute Gasteiger partial charge is 0.255 e. The predicted octanol–water partition coefficient (Wildman–Crippen LogP) is 4.84. The van der Waals surface area contributed by atoms with Crippen molar-refractivity contribution in [3.63, 3.8) is 0 Å². The number of aryl methyl sites for hydroxylation is 1. The minimum absolute atomic E-state index is 0.205. The van der Waals surface area contributed by atoms with Crippen LogP contribution in [-0.2, 0) is 20.2 Å². The fraction of sp³-hybridized carbons (Fsp3) is 0.355. The molecule has 0 atom stereocenters. The Morgan fingerprint density at radius 1 is 1.00 bits per heavy atom. The molecule has 2 aromatic heterocycles. The number of sulfonamides is 1. The van der Waals surface area contributed by atoms with Gasteiger partial charge in [-0.25, -0.2) is 23.4 Å². The largest absolute Gasteiger partial charge is 0.492 e. The van der Waals surface area contributed by atoms with Gasteiger partial charge < -0.3 is 25.0 Å². The summed E-state index contributed by atoms with van der Waals surface area (Å²) in [4.78, 5) is 29.5. The van der Waals surface area contributed by atoms with Crippen LogP contribution in [-0.4, -0.2) is 68.9 Å². The van der Waals surface area contributed by atoms with Crippen LogP contribution in [0.3, 0.4) is 0 Å². The van der Waals surface area contributed by atoms with Crippen LogP contribution < -0.4 is 25.0 Å². The molecule has 232 valence electrons. The van der Waals surface area contributed by atoms with Crippen LogP contribution in [0.5, 0.6) is 5.75 Å². The molecule has 12 nitrogen and oxygen atoms in total. The molecule has 44 heavy (non-hydrogen) atoms. The lowest BCUT2D eigenvalue weighted by Crippen LogP contribution is -2.36.